The van der Waals surface area contributed by atoms with Crippen LogP contribution in [0.1, 0.15) is 0 Å². The molecule has 1 fully saturated rings. The molecule has 2 heterocycles. The summed E-state index contributed by atoms with van der Waals surface area (Å²) in [4.78, 5) is 3.87. The first-order chi connectivity index (χ1) is 4.77. The summed E-state index contributed by atoms with van der Waals surface area (Å²) in [6, 6.07) is 0.0972. The van der Waals surface area contributed by atoms with Gasteiger partial charge in [-0.15, -0.1) is 0 Å². The lowest BCUT2D eigenvalue weighted by molar-refractivity contribution is 0.0797. The summed E-state index contributed by atoms with van der Waals surface area (Å²) in [5.74, 6) is 0. The fourth-order valence-corrected chi connectivity index (χ4v) is 1.16. The minimum atomic E-state index is -0.255. The quantitative estimate of drug-likeness (QED) is 0.427. The van der Waals surface area contributed by atoms with Crippen molar-refractivity contribution in [1.82, 2.24) is 0 Å². The number of amidine groups is 1. The van der Waals surface area contributed by atoms with Crippen molar-refractivity contribution in [2.75, 3.05) is 6.61 Å². The summed E-state index contributed by atoms with van der Waals surface area (Å²) in [5, 5.41) is 0. The lowest BCUT2D eigenvalue weighted by Crippen LogP contribution is -2.37. The average molecular weight is 143 g/mol. The van der Waals surface area contributed by atoms with Crippen molar-refractivity contribution < 1.29 is 9.47 Å². The third kappa shape index (κ3) is 0.676. The Labute approximate surface area is 58.0 Å². The number of hydrogen-bond donors (Lipinski definition) is 2. The molecule has 0 radical (unpaired) electrons. The van der Waals surface area contributed by atoms with Crippen LogP contribution in [0.5, 0.6) is 0 Å². The van der Waals surface area contributed by atoms with Gasteiger partial charge in [0.15, 0.2) is 12.3 Å². The van der Waals surface area contributed by atoms with E-state index >= 15 is 0 Å². The highest BCUT2D eigenvalue weighted by atomic mass is 16.6. The number of ether oxygens (including phenoxy) is 2. The Morgan fingerprint density at radius 1 is 1.60 bits per heavy atom. The van der Waals surface area contributed by atoms with Crippen molar-refractivity contribution in [1.29, 1.82) is 0 Å². The van der Waals surface area contributed by atoms with Crippen molar-refractivity contribution >= 4 is 6.02 Å². The fourth-order valence-electron chi connectivity index (χ4n) is 1.16. The van der Waals surface area contributed by atoms with E-state index in [1.54, 1.807) is 0 Å². The predicted octanol–water partition coefficient (Wildman–Crippen LogP) is -1.62. The first-order valence-electron chi connectivity index (χ1n) is 3.14. The second-order valence-electron chi connectivity index (χ2n) is 2.44. The molecule has 4 N–H and O–H groups in total. The zero-order chi connectivity index (χ0) is 7.14. The van der Waals surface area contributed by atoms with Crippen molar-refractivity contribution in [3.63, 3.8) is 0 Å². The summed E-state index contributed by atoms with van der Waals surface area (Å²) in [6.45, 7) is 0.506. The van der Waals surface area contributed by atoms with E-state index in [0.29, 0.717) is 6.61 Å². The summed E-state index contributed by atoms with van der Waals surface area (Å²) >= 11 is 0. The molecule has 2 aliphatic rings. The highest BCUT2D eigenvalue weighted by Crippen LogP contribution is 2.21. The topological polar surface area (TPSA) is 82.9 Å². The van der Waals surface area contributed by atoms with Crippen LogP contribution in [-0.4, -0.2) is 31.0 Å². The van der Waals surface area contributed by atoms with Gasteiger partial charge in [-0.25, -0.2) is 0 Å². The monoisotopic (exact) mass is 143 g/mol. The largest absolute Gasteiger partial charge is 0.455 e. The van der Waals surface area contributed by atoms with Crippen LogP contribution in [0.3, 0.4) is 0 Å². The molecule has 0 saturated carbocycles. The summed E-state index contributed by atoms with van der Waals surface area (Å²) in [6.07, 6.45) is -0.407. The summed E-state index contributed by atoms with van der Waals surface area (Å²) in [7, 11) is 0. The fraction of sp³-hybridized carbons (Fsp3) is 0.800. The molecule has 0 unspecified atom stereocenters. The maximum Gasteiger partial charge on any atom is 0.285 e. The van der Waals surface area contributed by atoms with Crippen LogP contribution in [0, 0.1) is 0 Å². The van der Waals surface area contributed by atoms with Crippen molar-refractivity contribution in [3.8, 4) is 0 Å². The average Bonchev–Trinajstić information content (AvgIpc) is 2.35. The molecule has 3 atom stereocenters. The number of fused-ring (bicyclic) bond motifs is 1. The molecule has 10 heavy (non-hydrogen) atoms. The van der Waals surface area contributed by atoms with E-state index in [-0.39, 0.29) is 24.4 Å². The SMILES string of the molecule is NC1=N[C@H]2OC[C@@H](N)[C@H]2O1. The smallest absolute Gasteiger partial charge is 0.285 e. The molecule has 5 heteroatoms. The Hall–Kier alpha value is -0.810. The highest BCUT2D eigenvalue weighted by Gasteiger charge is 2.41. The minimum absolute atomic E-state index is 0.0881. The molecule has 5 nitrogen and oxygen atoms in total. The molecular weight excluding hydrogens is 134 g/mol. The van der Waals surface area contributed by atoms with Crippen LogP contribution in [0.4, 0.5) is 0 Å². The highest BCUT2D eigenvalue weighted by molar-refractivity contribution is 5.73. The van der Waals surface area contributed by atoms with Crippen molar-refractivity contribution in [3.05, 3.63) is 0 Å². The second-order valence-corrected chi connectivity index (χ2v) is 2.44. The maximum atomic E-state index is 5.60. The Bertz CT molecular complexity index is 182. The first-order valence-corrected chi connectivity index (χ1v) is 3.14. The molecule has 0 bridgehead atoms. The van der Waals surface area contributed by atoms with Crippen LogP contribution in [0.2, 0.25) is 0 Å². The molecule has 0 aromatic carbocycles. The summed E-state index contributed by atoms with van der Waals surface area (Å²) in [5.41, 5.74) is 10.9. The minimum Gasteiger partial charge on any atom is -0.455 e. The lowest BCUT2D eigenvalue weighted by atomic mass is 10.2. The molecule has 0 aliphatic carbocycles. The standard InChI is InChI=1S/C5H9N3O2/c6-2-1-9-4-3(2)10-5(7)8-4/h2-4H,1,6H2,(H2,7,8)/t2-,3-,4+/m1/s1. The van der Waals surface area contributed by atoms with E-state index in [1.165, 1.54) is 0 Å². The van der Waals surface area contributed by atoms with Crippen LogP contribution in [0.25, 0.3) is 0 Å². The van der Waals surface area contributed by atoms with Gasteiger partial charge < -0.3 is 20.9 Å². The van der Waals surface area contributed by atoms with Crippen molar-refractivity contribution in [2.24, 2.45) is 16.5 Å². The second kappa shape index (κ2) is 1.83. The third-order valence-corrected chi connectivity index (χ3v) is 1.67. The van der Waals surface area contributed by atoms with E-state index in [0.717, 1.165) is 0 Å². The lowest BCUT2D eigenvalue weighted by Gasteiger charge is -2.09. The molecule has 56 valence electrons. The van der Waals surface area contributed by atoms with Gasteiger partial charge in [0.1, 0.15) is 0 Å². The van der Waals surface area contributed by atoms with Crippen LogP contribution < -0.4 is 11.5 Å². The maximum absolute atomic E-state index is 5.60. The number of rotatable bonds is 0. The summed E-state index contributed by atoms with van der Waals surface area (Å²) < 4.78 is 10.2. The van der Waals surface area contributed by atoms with Gasteiger partial charge in [-0.3, -0.25) is 0 Å². The van der Waals surface area contributed by atoms with Crippen LogP contribution in [0.15, 0.2) is 4.99 Å². The van der Waals surface area contributed by atoms with Crippen LogP contribution in [-0.2, 0) is 9.47 Å². The Morgan fingerprint density at radius 3 is 3.10 bits per heavy atom. The number of aliphatic imine (C=N–C) groups is 1. The van der Waals surface area contributed by atoms with Crippen molar-refractivity contribution in [2.45, 2.75) is 18.4 Å². The molecule has 1 saturated heterocycles. The molecule has 0 amide bonds. The van der Waals surface area contributed by atoms with E-state index in [9.17, 15) is 0 Å². The van der Waals surface area contributed by atoms with E-state index in [4.69, 9.17) is 20.9 Å². The Kier molecular flexibility index (Phi) is 1.09. The van der Waals surface area contributed by atoms with Gasteiger partial charge in [-0.1, -0.05) is 0 Å². The molecule has 2 aliphatic heterocycles. The Morgan fingerprint density at radius 2 is 2.40 bits per heavy atom. The van der Waals surface area contributed by atoms with Gasteiger partial charge in [-0.2, -0.15) is 4.99 Å². The van der Waals surface area contributed by atoms with E-state index in [2.05, 4.69) is 4.99 Å². The molecular formula is C5H9N3O2. The Balaban J connectivity index is 2.14. The van der Waals surface area contributed by atoms with E-state index < -0.39 is 0 Å². The van der Waals surface area contributed by atoms with Gasteiger partial charge >= 0.3 is 0 Å². The molecule has 2 rings (SSSR count). The normalized spacial score (nSPS) is 44.5. The van der Waals surface area contributed by atoms with Gasteiger partial charge in [0.25, 0.3) is 6.02 Å². The van der Waals surface area contributed by atoms with Gasteiger partial charge in [0, 0.05) is 0 Å². The van der Waals surface area contributed by atoms with Crippen LogP contribution >= 0.6 is 0 Å². The molecule has 0 spiro atoms. The molecule has 0 aromatic heterocycles. The third-order valence-electron chi connectivity index (χ3n) is 1.67. The zero-order valence-electron chi connectivity index (χ0n) is 5.36. The van der Waals surface area contributed by atoms with Gasteiger partial charge in [0.05, 0.1) is 12.6 Å². The van der Waals surface area contributed by atoms with E-state index in [1.807, 2.05) is 0 Å². The number of nitrogens with zero attached hydrogens (tertiary/aromatic N) is 1. The molecule has 0 aromatic rings. The van der Waals surface area contributed by atoms with Gasteiger partial charge in [0.2, 0.25) is 0 Å². The zero-order valence-corrected chi connectivity index (χ0v) is 5.36. The first kappa shape index (κ1) is 5.94. The number of nitrogens with two attached hydrogens (primary N) is 2. The predicted molar refractivity (Wildman–Crippen MR) is 34.2 cm³/mol. The number of hydrogen-bond acceptors (Lipinski definition) is 5. The van der Waals surface area contributed by atoms with Gasteiger partial charge in [-0.05, 0) is 0 Å².